The molecule has 3 N–H and O–H groups in total. The van der Waals surface area contributed by atoms with Crippen molar-refractivity contribution in [3.63, 3.8) is 0 Å². The predicted octanol–water partition coefficient (Wildman–Crippen LogP) is 1.83. The Morgan fingerprint density at radius 2 is 2.33 bits per heavy atom. The van der Waals surface area contributed by atoms with Crippen LogP contribution in [0.15, 0.2) is 18.3 Å². The van der Waals surface area contributed by atoms with Gasteiger partial charge in [-0.3, -0.25) is 4.98 Å². The second-order valence-corrected chi connectivity index (χ2v) is 2.71. The minimum Gasteiger partial charge on any atom is -0.397 e. The highest BCUT2D eigenvalue weighted by Crippen LogP contribution is 2.04. The van der Waals surface area contributed by atoms with Crippen LogP contribution in [0, 0.1) is 5.41 Å². The van der Waals surface area contributed by atoms with E-state index in [1.54, 1.807) is 18.3 Å². The van der Waals surface area contributed by atoms with Crippen molar-refractivity contribution < 1.29 is 0 Å². The second-order valence-electron chi connectivity index (χ2n) is 2.71. The lowest BCUT2D eigenvalue weighted by Gasteiger charge is -2.00. The molecule has 0 unspecified atom stereocenters. The van der Waals surface area contributed by atoms with E-state index in [2.05, 4.69) is 4.98 Å². The van der Waals surface area contributed by atoms with Crippen LogP contribution in [0.1, 0.15) is 25.5 Å². The number of anilines is 1. The van der Waals surface area contributed by atoms with Crippen LogP contribution in [0.2, 0.25) is 0 Å². The molecule has 1 rings (SSSR count). The highest BCUT2D eigenvalue weighted by atomic mass is 14.7. The van der Waals surface area contributed by atoms with Crippen LogP contribution in [0.5, 0.6) is 0 Å². The molecule has 0 aliphatic rings. The third-order valence-corrected chi connectivity index (χ3v) is 1.60. The zero-order chi connectivity index (χ0) is 8.97. The first-order valence-electron chi connectivity index (χ1n) is 4.03. The lowest BCUT2D eigenvalue weighted by molar-refractivity contribution is 0.980. The summed E-state index contributed by atoms with van der Waals surface area (Å²) >= 11 is 0. The molecule has 0 spiro atoms. The van der Waals surface area contributed by atoms with Crippen molar-refractivity contribution in [2.24, 2.45) is 0 Å². The van der Waals surface area contributed by atoms with Crippen molar-refractivity contribution in [1.29, 1.82) is 5.41 Å². The maximum atomic E-state index is 7.60. The molecule has 0 saturated heterocycles. The van der Waals surface area contributed by atoms with Gasteiger partial charge in [0.05, 0.1) is 23.3 Å². The first kappa shape index (κ1) is 8.71. The fourth-order valence-electron chi connectivity index (χ4n) is 0.962. The number of nitrogens with two attached hydrogens (primary N) is 1. The number of pyridine rings is 1. The van der Waals surface area contributed by atoms with Crippen molar-refractivity contribution >= 4 is 11.4 Å². The summed E-state index contributed by atoms with van der Waals surface area (Å²) in [7, 11) is 0. The van der Waals surface area contributed by atoms with Crippen molar-refractivity contribution in [1.82, 2.24) is 4.98 Å². The molecule has 0 bridgehead atoms. The number of hydrogen-bond donors (Lipinski definition) is 2. The van der Waals surface area contributed by atoms with E-state index in [0.29, 0.717) is 11.4 Å². The Labute approximate surface area is 72.1 Å². The molecule has 0 amide bonds. The lowest BCUT2D eigenvalue weighted by atomic mass is 10.1. The van der Waals surface area contributed by atoms with E-state index in [-0.39, 0.29) is 0 Å². The van der Waals surface area contributed by atoms with Crippen molar-refractivity contribution in [3.8, 4) is 0 Å². The summed E-state index contributed by atoms with van der Waals surface area (Å²) < 4.78 is 0. The third-order valence-electron chi connectivity index (χ3n) is 1.60. The van der Waals surface area contributed by atoms with E-state index in [1.807, 2.05) is 6.92 Å². The van der Waals surface area contributed by atoms with E-state index >= 15 is 0 Å². The number of nitrogens with one attached hydrogen (secondary N) is 1. The molecule has 0 fully saturated rings. The Morgan fingerprint density at radius 1 is 1.58 bits per heavy atom. The molecule has 12 heavy (non-hydrogen) atoms. The first-order valence-corrected chi connectivity index (χ1v) is 4.03. The molecule has 0 radical (unpaired) electrons. The molecule has 0 aliphatic heterocycles. The fraction of sp³-hybridized carbons (Fsp3) is 0.333. The first-order chi connectivity index (χ1) is 5.74. The predicted molar refractivity (Wildman–Crippen MR) is 50.4 cm³/mol. The lowest BCUT2D eigenvalue weighted by Crippen LogP contribution is -2.01. The molecule has 0 aliphatic carbocycles. The van der Waals surface area contributed by atoms with Gasteiger partial charge in [-0.2, -0.15) is 0 Å². The van der Waals surface area contributed by atoms with Crippen molar-refractivity contribution in [2.45, 2.75) is 19.8 Å². The number of aromatic nitrogens is 1. The molecule has 3 heteroatoms. The van der Waals surface area contributed by atoms with Crippen molar-refractivity contribution in [2.75, 3.05) is 5.73 Å². The average Bonchev–Trinajstić information content (AvgIpc) is 2.06. The van der Waals surface area contributed by atoms with Gasteiger partial charge < -0.3 is 11.1 Å². The molecule has 1 heterocycles. The van der Waals surface area contributed by atoms with Gasteiger partial charge in [-0.1, -0.05) is 13.3 Å². The van der Waals surface area contributed by atoms with Gasteiger partial charge in [0.15, 0.2) is 0 Å². The summed E-state index contributed by atoms with van der Waals surface area (Å²) in [5.74, 6) is 0. The van der Waals surface area contributed by atoms with E-state index in [4.69, 9.17) is 11.1 Å². The number of rotatable bonds is 3. The zero-order valence-corrected chi connectivity index (χ0v) is 7.17. The molecule has 64 valence electrons. The van der Waals surface area contributed by atoms with Gasteiger partial charge in [0.2, 0.25) is 0 Å². The van der Waals surface area contributed by atoms with E-state index in [1.165, 1.54) is 0 Å². The second kappa shape index (κ2) is 3.85. The standard InChI is InChI=1S/C9H13N3/c1-2-3-8(11)9-5-4-7(10)6-12-9/h4-6,11H,2-3,10H2,1H3. The SMILES string of the molecule is CCCC(=N)c1ccc(N)cn1. The quantitative estimate of drug-likeness (QED) is 0.668. The Bertz CT molecular complexity index is 264. The zero-order valence-electron chi connectivity index (χ0n) is 7.17. The van der Waals surface area contributed by atoms with Crippen LogP contribution in [-0.2, 0) is 0 Å². The minimum absolute atomic E-state index is 0.581. The number of hydrogen-bond acceptors (Lipinski definition) is 3. The molecular weight excluding hydrogens is 150 g/mol. The van der Waals surface area contributed by atoms with Gasteiger partial charge in [0.1, 0.15) is 0 Å². The van der Waals surface area contributed by atoms with Crippen LogP contribution in [0.3, 0.4) is 0 Å². The normalized spacial score (nSPS) is 9.75. The number of nitrogen functional groups attached to an aromatic ring is 1. The van der Waals surface area contributed by atoms with Gasteiger partial charge >= 0.3 is 0 Å². The van der Waals surface area contributed by atoms with Gasteiger partial charge in [0, 0.05) is 0 Å². The average molecular weight is 163 g/mol. The molecule has 0 aromatic carbocycles. The highest BCUT2D eigenvalue weighted by Gasteiger charge is 1.99. The Balaban J connectivity index is 2.75. The number of nitrogens with zero attached hydrogens (tertiary/aromatic N) is 1. The van der Waals surface area contributed by atoms with Crippen LogP contribution >= 0.6 is 0 Å². The molecule has 1 aromatic heterocycles. The van der Waals surface area contributed by atoms with E-state index in [0.717, 1.165) is 18.5 Å². The molecule has 3 nitrogen and oxygen atoms in total. The monoisotopic (exact) mass is 163 g/mol. The maximum absolute atomic E-state index is 7.60. The van der Waals surface area contributed by atoms with Crippen LogP contribution in [0.25, 0.3) is 0 Å². The van der Waals surface area contributed by atoms with Crippen LogP contribution in [0.4, 0.5) is 5.69 Å². The molecular formula is C9H13N3. The third kappa shape index (κ3) is 2.05. The Morgan fingerprint density at radius 3 is 2.83 bits per heavy atom. The fourth-order valence-corrected chi connectivity index (χ4v) is 0.962. The van der Waals surface area contributed by atoms with E-state index < -0.39 is 0 Å². The van der Waals surface area contributed by atoms with Gasteiger partial charge in [-0.25, -0.2) is 0 Å². The molecule has 0 saturated carbocycles. The molecule has 1 aromatic rings. The van der Waals surface area contributed by atoms with Gasteiger partial charge in [0.25, 0.3) is 0 Å². The summed E-state index contributed by atoms with van der Waals surface area (Å²) in [5.41, 5.74) is 7.42. The van der Waals surface area contributed by atoms with Crippen molar-refractivity contribution in [3.05, 3.63) is 24.0 Å². The van der Waals surface area contributed by atoms with Crippen LogP contribution in [-0.4, -0.2) is 10.7 Å². The topological polar surface area (TPSA) is 62.8 Å². The molecule has 0 atom stereocenters. The summed E-state index contributed by atoms with van der Waals surface area (Å²) in [6.07, 6.45) is 3.33. The summed E-state index contributed by atoms with van der Waals surface area (Å²) in [4.78, 5) is 4.05. The highest BCUT2D eigenvalue weighted by molar-refractivity contribution is 5.96. The Hall–Kier alpha value is -1.38. The van der Waals surface area contributed by atoms with E-state index in [9.17, 15) is 0 Å². The van der Waals surface area contributed by atoms with Gasteiger partial charge in [-0.05, 0) is 18.6 Å². The Kier molecular flexibility index (Phi) is 2.80. The van der Waals surface area contributed by atoms with Gasteiger partial charge in [-0.15, -0.1) is 0 Å². The summed E-state index contributed by atoms with van der Waals surface area (Å²) in [6.45, 7) is 2.05. The largest absolute Gasteiger partial charge is 0.397 e. The maximum Gasteiger partial charge on any atom is 0.0838 e. The smallest absolute Gasteiger partial charge is 0.0838 e. The summed E-state index contributed by atoms with van der Waals surface area (Å²) in [5, 5.41) is 7.60. The van der Waals surface area contributed by atoms with Crippen LogP contribution < -0.4 is 5.73 Å². The summed E-state index contributed by atoms with van der Waals surface area (Å²) in [6, 6.07) is 3.56. The minimum atomic E-state index is 0.581.